The van der Waals surface area contributed by atoms with Crippen LogP contribution in [-0.2, 0) is 5.41 Å². The molecule has 1 aliphatic carbocycles. The van der Waals surface area contributed by atoms with E-state index in [1.165, 1.54) is 12.1 Å². The molecule has 0 saturated heterocycles. The lowest BCUT2D eigenvalue weighted by Crippen LogP contribution is -2.17. The van der Waals surface area contributed by atoms with Gasteiger partial charge in [-0.2, -0.15) is 0 Å². The fourth-order valence-corrected chi connectivity index (χ4v) is 2.55. The van der Waals surface area contributed by atoms with E-state index in [0.717, 1.165) is 24.8 Å². The minimum absolute atomic E-state index is 0.147. The van der Waals surface area contributed by atoms with E-state index >= 15 is 0 Å². The fourth-order valence-electron chi connectivity index (χ4n) is 2.55. The SMILES string of the molecule is CC(C)CC1(c2ccc(OC(F)(F)F)cc2)CC1. The van der Waals surface area contributed by atoms with Crippen LogP contribution in [-0.4, -0.2) is 6.36 Å². The van der Waals surface area contributed by atoms with Crippen molar-refractivity contribution >= 4 is 0 Å². The molecule has 1 aliphatic rings. The standard InChI is InChI=1S/C14H17F3O/c1-10(2)9-13(7-8-13)11-3-5-12(6-4-11)18-14(15,16)17/h3-6,10H,7-9H2,1-2H3. The molecule has 0 heterocycles. The molecule has 1 aromatic rings. The second kappa shape index (κ2) is 4.48. The highest BCUT2D eigenvalue weighted by Crippen LogP contribution is 2.52. The summed E-state index contributed by atoms with van der Waals surface area (Å²) in [6, 6.07) is 6.33. The van der Waals surface area contributed by atoms with Crippen LogP contribution < -0.4 is 4.74 Å². The third kappa shape index (κ3) is 3.18. The van der Waals surface area contributed by atoms with Gasteiger partial charge in [0.1, 0.15) is 5.75 Å². The maximum absolute atomic E-state index is 12.0. The van der Waals surface area contributed by atoms with Crippen LogP contribution in [0.2, 0.25) is 0 Å². The van der Waals surface area contributed by atoms with Crippen molar-refractivity contribution < 1.29 is 17.9 Å². The maximum atomic E-state index is 12.0. The van der Waals surface area contributed by atoms with Gasteiger partial charge in [0.25, 0.3) is 0 Å². The number of ether oxygens (including phenoxy) is 1. The number of halogens is 3. The second-order valence-electron chi connectivity index (χ2n) is 5.45. The lowest BCUT2D eigenvalue weighted by molar-refractivity contribution is -0.274. The Morgan fingerprint density at radius 1 is 1.17 bits per heavy atom. The van der Waals surface area contributed by atoms with Crippen LogP contribution in [0, 0.1) is 5.92 Å². The first-order valence-electron chi connectivity index (χ1n) is 6.17. The third-order valence-electron chi connectivity index (χ3n) is 3.35. The van der Waals surface area contributed by atoms with E-state index in [1.807, 2.05) is 0 Å². The van der Waals surface area contributed by atoms with Crippen molar-refractivity contribution in [3.05, 3.63) is 29.8 Å². The van der Waals surface area contributed by atoms with Gasteiger partial charge in [-0.1, -0.05) is 26.0 Å². The summed E-state index contributed by atoms with van der Waals surface area (Å²) in [7, 11) is 0. The predicted molar refractivity (Wildman–Crippen MR) is 63.5 cm³/mol. The van der Waals surface area contributed by atoms with E-state index in [1.54, 1.807) is 12.1 Å². The van der Waals surface area contributed by atoms with Crippen LogP contribution in [0.5, 0.6) is 5.75 Å². The second-order valence-corrected chi connectivity index (χ2v) is 5.45. The Morgan fingerprint density at radius 2 is 1.72 bits per heavy atom. The number of alkyl halides is 3. The quantitative estimate of drug-likeness (QED) is 0.763. The summed E-state index contributed by atoms with van der Waals surface area (Å²) in [5, 5.41) is 0. The molecule has 0 radical (unpaired) electrons. The Balaban J connectivity index is 2.08. The number of hydrogen-bond donors (Lipinski definition) is 0. The highest BCUT2D eigenvalue weighted by atomic mass is 19.4. The minimum Gasteiger partial charge on any atom is -0.406 e. The van der Waals surface area contributed by atoms with Crippen LogP contribution in [0.3, 0.4) is 0 Å². The molecule has 18 heavy (non-hydrogen) atoms. The van der Waals surface area contributed by atoms with Crippen LogP contribution in [0.1, 0.15) is 38.7 Å². The summed E-state index contributed by atoms with van der Waals surface area (Å²) in [5.74, 6) is 0.449. The molecule has 0 unspecified atom stereocenters. The van der Waals surface area contributed by atoms with E-state index in [2.05, 4.69) is 18.6 Å². The summed E-state index contributed by atoms with van der Waals surface area (Å²) in [5.41, 5.74) is 1.33. The first kappa shape index (κ1) is 13.2. The van der Waals surface area contributed by atoms with E-state index in [9.17, 15) is 13.2 Å². The molecule has 0 N–H and O–H groups in total. The summed E-state index contributed by atoms with van der Waals surface area (Å²) >= 11 is 0. The molecule has 1 nitrogen and oxygen atoms in total. The van der Waals surface area contributed by atoms with Crippen molar-refractivity contribution in [2.24, 2.45) is 5.92 Å². The maximum Gasteiger partial charge on any atom is 0.573 e. The molecule has 0 aliphatic heterocycles. The summed E-state index contributed by atoms with van der Waals surface area (Å²) < 4.78 is 40.0. The first-order chi connectivity index (χ1) is 8.31. The van der Waals surface area contributed by atoms with Gasteiger partial charge in [-0.15, -0.1) is 13.2 Å². The molecule has 0 atom stereocenters. The van der Waals surface area contributed by atoms with Crippen molar-refractivity contribution in [1.82, 2.24) is 0 Å². The Labute approximate surface area is 105 Å². The van der Waals surface area contributed by atoms with Crippen molar-refractivity contribution in [2.75, 3.05) is 0 Å². The summed E-state index contributed by atoms with van der Waals surface area (Å²) in [6.45, 7) is 4.34. The normalized spacial score (nSPS) is 17.9. The van der Waals surface area contributed by atoms with E-state index in [4.69, 9.17) is 0 Å². The van der Waals surface area contributed by atoms with E-state index in [0.29, 0.717) is 5.92 Å². The van der Waals surface area contributed by atoms with Gasteiger partial charge in [0.15, 0.2) is 0 Å². The fraction of sp³-hybridized carbons (Fsp3) is 0.571. The van der Waals surface area contributed by atoms with Crippen LogP contribution in [0.15, 0.2) is 24.3 Å². The lowest BCUT2D eigenvalue weighted by atomic mass is 9.87. The molecular weight excluding hydrogens is 241 g/mol. The highest BCUT2D eigenvalue weighted by molar-refractivity contribution is 5.36. The molecule has 1 saturated carbocycles. The monoisotopic (exact) mass is 258 g/mol. The average Bonchev–Trinajstić information content (AvgIpc) is 2.96. The topological polar surface area (TPSA) is 9.23 Å². The average molecular weight is 258 g/mol. The van der Waals surface area contributed by atoms with E-state index < -0.39 is 6.36 Å². The summed E-state index contributed by atoms with van der Waals surface area (Å²) in [6.07, 6.45) is -1.27. The van der Waals surface area contributed by atoms with Gasteiger partial charge in [-0.25, -0.2) is 0 Å². The highest BCUT2D eigenvalue weighted by Gasteiger charge is 2.44. The number of rotatable bonds is 4. The van der Waals surface area contributed by atoms with Gasteiger partial charge >= 0.3 is 6.36 Å². The zero-order valence-corrected chi connectivity index (χ0v) is 10.6. The number of benzene rings is 1. The predicted octanol–water partition coefficient (Wildman–Crippen LogP) is 4.66. The van der Waals surface area contributed by atoms with Gasteiger partial charge < -0.3 is 4.74 Å². The number of hydrogen-bond acceptors (Lipinski definition) is 1. The minimum atomic E-state index is -4.61. The Bertz CT molecular complexity index is 402. The molecule has 0 aromatic heterocycles. The molecule has 100 valence electrons. The zero-order chi connectivity index (χ0) is 13.4. The molecule has 2 rings (SSSR count). The van der Waals surface area contributed by atoms with Crippen molar-refractivity contribution in [1.29, 1.82) is 0 Å². The van der Waals surface area contributed by atoms with Gasteiger partial charge in [0, 0.05) is 0 Å². The Kier molecular flexibility index (Phi) is 3.30. The lowest BCUT2D eigenvalue weighted by Gasteiger charge is -2.18. The molecule has 0 spiro atoms. The third-order valence-corrected chi connectivity index (χ3v) is 3.35. The van der Waals surface area contributed by atoms with Gasteiger partial charge in [-0.3, -0.25) is 0 Å². The smallest absolute Gasteiger partial charge is 0.406 e. The van der Waals surface area contributed by atoms with Crippen LogP contribution >= 0.6 is 0 Å². The zero-order valence-electron chi connectivity index (χ0n) is 10.6. The van der Waals surface area contributed by atoms with Crippen molar-refractivity contribution in [3.63, 3.8) is 0 Å². The van der Waals surface area contributed by atoms with Gasteiger partial charge in [0.05, 0.1) is 0 Å². The Morgan fingerprint density at radius 3 is 2.11 bits per heavy atom. The largest absolute Gasteiger partial charge is 0.573 e. The van der Waals surface area contributed by atoms with Gasteiger partial charge in [-0.05, 0) is 48.3 Å². The summed E-state index contributed by atoms with van der Waals surface area (Å²) in [4.78, 5) is 0. The molecule has 1 aromatic carbocycles. The van der Waals surface area contributed by atoms with E-state index in [-0.39, 0.29) is 11.2 Å². The first-order valence-corrected chi connectivity index (χ1v) is 6.17. The molecule has 1 fully saturated rings. The molecule has 0 bridgehead atoms. The van der Waals surface area contributed by atoms with Crippen molar-refractivity contribution in [3.8, 4) is 5.75 Å². The van der Waals surface area contributed by atoms with Crippen LogP contribution in [0.4, 0.5) is 13.2 Å². The molecule has 0 amide bonds. The van der Waals surface area contributed by atoms with Crippen LogP contribution in [0.25, 0.3) is 0 Å². The molecular formula is C14H17F3O. The van der Waals surface area contributed by atoms with Crippen molar-refractivity contribution in [2.45, 2.75) is 44.9 Å². The Hall–Kier alpha value is -1.19. The molecule has 4 heteroatoms. The van der Waals surface area contributed by atoms with Gasteiger partial charge in [0.2, 0.25) is 0 Å².